The molecule has 0 aliphatic rings. The highest BCUT2D eigenvalue weighted by Crippen LogP contribution is 2.27. The zero-order chi connectivity index (χ0) is 10.6. The number of nitrogens with one attached hydrogen (secondary N) is 1. The molecule has 0 heterocycles. The van der Waals surface area contributed by atoms with Crippen LogP contribution in [0, 0.1) is 5.82 Å². The van der Waals surface area contributed by atoms with Gasteiger partial charge in [0.25, 0.3) is 0 Å². The topological polar surface area (TPSA) is 12.0 Å². The molecule has 3 heteroatoms. The quantitative estimate of drug-likeness (QED) is 0.814. The van der Waals surface area contributed by atoms with Crippen LogP contribution < -0.4 is 5.32 Å². The molecule has 0 aliphatic heterocycles. The molecule has 78 valence electrons. The maximum absolute atomic E-state index is 13.0. The van der Waals surface area contributed by atoms with E-state index in [2.05, 4.69) is 12.2 Å². The zero-order valence-corrected chi connectivity index (χ0v) is 9.24. The Kier molecular flexibility index (Phi) is 4.36. The molecule has 0 bridgehead atoms. The van der Waals surface area contributed by atoms with E-state index in [1.807, 2.05) is 7.05 Å². The van der Waals surface area contributed by atoms with Crippen LogP contribution in [-0.2, 0) is 0 Å². The molecular weight excluding hydrogens is 201 g/mol. The monoisotopic (exact) mass is 215 g/mol. The van der Waals surface area contributed by atoms with Crippen LogP contribution in [0.3, 0.4) is 0 Å². The van der Waals surface area contributed by atoms with Crippen molar-refractivity contribution in [3.8, 4) is 0 Å². The molecule has 1 atom stereocenters. The molecule has 1 rings (SSSR count). The summed E-state index contributed by atoms with van der Waals surface area (Å²) in [6.07, 6.45) is 0.948. The van der Waals surface area contributed by atoms with Gasteiger partial charge in [0.15, 0.2) is 0 Å². The smallest absolute Gasteiger partial charge is 0.123 e. The SMILES string of the molecule is CCC(CNC)c1cc(F)ccc1Cl. The van der Waals surface area contributed by atoms with Gasteiger partial charge in [0.05, 0.1) is 0 Å². The molecule has 0 amide bonds. The van der Waals surface area contributed by atoms with Crippen molar-refractivity contribution in [3.63, 3.8) is 0 Å². The third kappa shape index (κ3) is 2.69. The second-order valence-corrected chi connectivity index (χ2v) is 3.74. The molecular formula is C11H15ClFN. The van der Waals surface area contributed by atoms with Gasteiger partial charge in [0.2, 0.25) is 0 Å². The molecule has 1 N–H and O–H groups in total. The Labute approximate surface area is 89.3 Å². The predicted molar refractivity (Wildman–Crippen MR) is 58.4 cm³/mol. The van der Waals surface area contributed by atoms with Crippen LogP contribution in [0.15, 0.2) is 18.2 Å². The average Bonchev–Trinajstić information content (AvgIpc) is 2.18. The Morgan fingerprint density at radius 2 is 2.21 bits per heavy atom. The zero-order valence-electron chi connectivity index (χ0n) is 8.48. The fourth-order valence-corrected chi connectivity index (χ4v) is 1.82. The van der Waals surface area contributed by atoms with E-state index in [1.165, 1.54) is 12.1 Å². The predicted octanol–water partition coefficient (Wildman–Crippen LogP) is 3.19. The van der Waals surface area contributed by atoms with Gasteiger partial charge in [0, 0.05) is 11.6 Å². The number of likely N-dealkylation sites (N-methyl/N-ethyl adjacent to an activating group) is 1. The van der Waals surface area contributed by atoms with Gasteiger partial charge >= 0.3 is 0 Å². The fourth-order valence-electron chi connectivity index (χ4n) is 1.55. The second-order valence-electron chi connectivity index (χ2n) is 3.33. The van der Waals surface area contributed by atoms with E-state index in [1.54, 1.807) is 6.07 Å². The molecule has 0 fully saturated rings. The normalized spacial score (nSPS) is 12.9. The Morgan fingerprint density at radius 1 is 1.50 bits per heavy atom. The van der Waals surface area contributed by atoms with Crippen molar-refractivity contribution in [2.24, 2.45) is 0 Å². The van der Waals surface area contributed by atoms with Crippen LogP contribution in [0.5, 0.6) is 0 Å². The summed E-state index contributed by atoms with van der Waals surface area (Å²) in [7, 11) is 1.88. The molecule has 1 aromatic carbocycles. The first-order valence-corrected chi connectivity index (χ1v) is 5.16. The van der Waals surface area contributed by atoms with Crippen LogP contribution in [0.4, 0.5) is 4.39 Å². The summed E-state index contributed by atoms with van der Waals surface area (Å²) < 4.78 is 13.0. The molecule has 1 nitrogen and oxygen atoms in total. The fraction of sp³-hybridized carbons (Fsp3) is 0.455. The van der Waals surface area contributed by atoms with E-state index >= 15 is 0 Å². The third-order valence-electron chi connectivity index (χ3n) is 2.34. The van der Waals surface area contributed by atoms with Gasteiger partial charge in [0.1, 0.15) is 5.82 Å². The van der Waals surface area contributed by atoms with Gasteiger partial charge in [-0.1, -0.05) is 18.5 Å². The Bertz CT molecular complexity index is 301. The number of benzene rings is 1. The summed E-state index contributed by atoms with van der Waals surface area (Å²) in [6, 6.07) is 4.52. The van der Waals surface area contributed by atoms with E-state index in [0.717, 1.165) is 18.5 Å². The molecule has 0 aromatic heterocycles. The average molecular weight is 216 g/mol. The first kappa shape index (κ1) is 11.5. The molecule has 14 heavy (non-hydrogen) atoms. The van der Waals surface area contributed by atoms with Crippen molar-refractivity contribution in [2.75, 3.05) is 13.6 Å². The Morgan fingerprint density at radius 3 is 2.79 bits per heavy atom. The van der Waals surface area contributed by atoms with E-state index in [0.29, 0.717) is 5.02 Å². The Hall–Kier alpha value is -0.600. The van der Waals surface area contributed by atoms with Crippen molar-refractivity contribution in [1.82, 2.24) is 5.32 Å². The van der Waals surface area contributed by atoms with Gasteiger partial charge < -0.3 is 5.32 Å². The third-order valence-corrected chi connectivity index (χ3v) is 2.69. The lowest BCUT2D eigenvalue weighted by Crippen LogP contribution is -2.17. The van der Waals surface area contributed by atoms with Gasteiger partial charge in [-0.3, -0.25) is 0 Å². The molecule has 0 saturated carbocycles. The number of hydrogen-bond donors (Lipinski definition) is 1. The minimum atomic E-state index is -0.223. The van der Waals surface area contributed by atoms with Crippen molar-refractivity contribution >= 4 is 11.6 Å². The highest BCUT2D eigenvalue weighted by atomic mass is 35.5. The summed E-state index contributed by atoms with van der Waals surface area (Å²) >= 11 is 6.01. The minimum absolute atomic E-state index is 0.223. The molecule has 1 aromatic rings. The lowest BCUT2D eigenvalue weighted by atomic mass is 9.96. The molecule has 0 spiro atoms. The van der Waals surface area contributed by atoms with Crippen molar-refractivity contribution in [3.05, 3.63) is 34.6 Å². The van der Waals surface area contributed by atoms with E-state index in [-0.39, 0.29) is 11.7 Å². The Balaban J connectivity index is 2.96. The van der Waals surface area contributed by atoms with E-state index in [9.17, 15) is 4.39 Å². The van der Waals surface area contributed by atoms with Gasteiger partial charge in [-0.15, -0.1) is 0 Å². The van der Waals surface area contributed by atoms with Crippen LogP contribution in [-0.4, -0.2) is 13.6 Å². The van der Waals surface area contributed by atoms with Crippen LogP contribution in [0.25, 0.3) is 0 Å². The highest BCUT2D eigenvalue weighted by Gasteiger charge is 2.12. The van der Waals surface area contributed by atoms with Crippen molar-refractivity contribution in [2.45, 2.75) is 19.3 Å². The first-order valence-electron chi connectivity index (χ1n) is 4.78. The van der Waals surface area contributed by atoms with Gasteiger partial charge in [-0.05, 0) is 43.1 Å². The van der Waals surface area contributed by atoms with E-state index < -0.39 is 0 Å². The van der Waals surface area contributed by atoms with E-state index in [4.69, 9.17) is 11.6 Å². The van der Waals surface area contributed by atoms with Gasteiger partial charge in [-0.25, -0.2) is 4.39 Å². The number of hydrogen-bond acceptors (Lipinski definition) is 1. The van der Waals surface area contributed by atoms with Crippen LogP contribution in [0.1, 0.15) is 24.8 Å². The van der Waals surface area contributed by atoms with Crippen molar-refractivity contribution < 1.29 is 4.39 Å². The van der Waals surface area contributed by atoms with Gasteiger partial charge in [-0.2, -0.15) is 0 Å². The summed E-state index contributed by atoms with van der Waals surface area (Å²) in [5, 5.41) is 3.73. The molecule has 0 aliphatic carbocycles. The largest absolute Gasteiger partial charge is 0.319 e. The minimum Gasteiger partial charge on any atom is -0.319 e. The lowest BCUT2D eigenvalue weighted by Gasteiger charge is -2.16. The summed E-state index contributed by atoms with van der Waals surface area (Å²) in [5.41, 5.74) is 0.892. The van der Waals surface area contributed by atoms with Crippen LogP contribution in [0.2, 0.25) is 5.02 Å². The number of halogens is 2. The summed E-state index contributed by atoms with van der Waals surface area (Å²) in [6.45, 7) is 2.89. The standard InChI is InChI=1S/C11H15ClFN/c1-3-8(7-14-2)10-6-9(13)4-5-11(10)12/h4-6,8,14H,3,7H2,1-2H3. The van der Waals surface area contributed by atoms with Crippen molar-refractivity contribution in [1.29, 1.82) is 0 Å². The molecule has 1 unspecified atom stereocenters. The van der Waals surface area contributed by atoms with Crippen LogP contribution >= 0.6 is 11.6 Å². The second kappa shape index (κ2) is 5.32. The highest BCUT2D eigenvalue weighted by molar-refractivity contribution is 6.31. The first-order chi connectivity index (χ1) is 6.69. The maximum atomic E-state index is 13.0. The lowest BCUT2D eigenvalue weighted by molar-refractivity contribution is 0.593. The molecule has 0 radical (unpaired) electrons. The summed E-state index contributed by atoms with van der Waals surface area (Å²) in [4.78, 5) is 0. The molecule has 0 saturated heterocycles. The maximum Gasteiger partial charge on any atom is 0.123 e. The number of rotatable bonds is 4. The summed E-state index contributed by atoms with van der Waals surface area (Å²) in [5.74, 6) is 0.0575.